The van der Waals surface area contributed by atoms with Crippen molar-refractivity contribution in [1.82, 2.24) is 0 Å². The van der Waals surface area contributed by atoms with Gasteiger partial charge < -0.3 is 0 Å². The zero-order valence-corrected chi connectivity index (χ0v) is 4.77. The summed E-state index contributed by atoms with van der Waals surface area (Å²) in [5, 5.41) is 0. The first-order valence-electron chi connectivity index (χ1n) is 2.00. The van der Waals surface area contributed by atoms with Crippen molar-refractivity contribution in [3.63, 3.8) is 0 Å². The van der Waals surface area contributed by atoms with Gasteiger partial charge in [-0.1, -0.05) is 36.4 Å². The summed E-state index contributed by atoms with van der Waals surface area (Å²) in [4.78, 5) is 0. The Kier molecular flexibility index (Phi) is 3.73. The second-order valence-electron chi connectivity index (χ2n) is 1.15. The van der Waals surface area contributed by atoms with E-state index < -0.39 is 0 Å². The van der Waals surface area contributed by atoms with E-state index in [9.17, 15) is 0 Å². The summed E-state index contributed by atoms with van der Waals surface area (Å²) in [5.74, 6) is 0. The Bertz CT molecular complexity index is 76.1. The maximum Gasteiger partial charge on any atom is 2.00 e. The molecule has 7 heavy (non-hydrogen) atoms. The van der Waals surface area contributed by atoms with Crippen LogP contribution in [0.25, 0.3) is 0 Å². The van der Waals surface area contributed by atoms with Gasteiger partial charge in [-0.3, -0.25) is 0 Å². The van der Waals surface area contributed by atoms with Crippen LogP contribution >= 0.6 is 0 Å². The van der Waals surface area contributed by atoms with Crippen molar-refractivity contribution in [1.29, 1.82) is 0 Å². The summed E-state index contributed by atoms with van der Waals surface area (Å²) < 4.78 is 0. The standard InChI is InChI=1S/C6H6.Ni/c1-2-4-6-5-3-1;/h1-6H;/q;+2. The quantitative estimate of drug-likeness (QED) is 0.477. The minimum Gasteiger partial charge on any atom is -0.0623 e. The first-order valence-corrected chi connectivity index (χ1v) is 2.00. The molecule has 0 aliphatic carbocycles. The van der Waals surface area contributed by atoms with Gasteiger partial charge in [0.1, 0.15) is 0 Å². The van der Waals surface area contributed by atoms with Crippen LogP contribution in [0.5, 0.6) is 0 Å². The predicted octanol–water partition coefficient (Wildman–Crippen LogP) is 1.68. The molecule has 0 fully saturated rings. The average molecular weight is 137 g/mol. The van der Waals surface area contributed by atoms with Gasteiger partial charge in [0.15, 0.2) is 0 Å². The van der Waals surface area contributed by atoms with Crippen LogP contribution in [-0.4, -0.2) is 0 Å². The SMILES string of the molecule is [Ni+2].c1ccccc1. The van der Waals surface area contributed by atoms with E-state index >= 15 is 0 Å². The molecule has 0 atom stereocenters. The molecule has 1 rings (SSSR count). The predicted molar refractivity (Wildman–Crippen MR) is 26.4 cm³/mol. The van der Waals surface area contributed by atoms with Crippen LogP contribution in [0, 0.1) is 0 Å². The van der Waals surface area contributed by atoms with Crippen molar-refractivity contribution >= 4 is 0 Å². The summed E-state index contributed by atoms with van der Waals surface area (Å²) >= 11 is 0. The average Bonchev–Trinajstić information content (AvgIpc) is 1.72. The van der Waals surface area contributed by atoms with E-state index in [-0.39, 0.29) is 16.5 Å². The van der Waals surface area contributed by atoms with Crippen LogP contribution in [-0.2, 0) is 16.5 Å². The van der Waals surface area contributed by atoms with Crippen LogP contribution in [0.15, 0.2) is 36.4 Å². The number of rotatable bonds is 0. The molecular formula is C6H6Ni+2. The van der Waals surface area contributed by atoms with E-state index in [1.54, 1.807) is 0 Å². The molecule has 0 bridgehead atoms. The summed E-state index contributed by atoms with van der Waals surface area (Å²) in [6.45, 7) is 0. The molecular weight excluding hydrogens is 131 g/mol. The maximum absolute atomic E-state index is 2.00. The van der Waals surface area contributed by atoms with Gasteiger partial charge in [0.2, 0.25) is 0 Å². The van der Waals surface area contributed by atoms with Crippen LogP contribution in [0.2, 0.25) is 0 Å². The third kappa shape index (κ3) is 2.41. The molecule has 0 radical (unpaired) electrons. The van der Waals surface area contributed by atoms with Crippen molar-refractivity contribution in [2.45, 2.75) is 0 Å². The normalized spacial score (nSPS) is 6.86. The summed E-state index contributed by atoms with van der Waals surface area (Å²) in [5.41, 5.74) is 0. The van der Waals surface area contributed by atoms with Crippen LogP contribution in [0.1, 0.15) is 0 Å². The Morgan fingerprint density at radius 3 is 0.714 bits per heavy atom. The van der Waals surface area contributed by atoms with E-state index in [0.717, 1.165) is 0 Å². The fourth-order valence-electron chi connectivity index (χ4n) is 0.385. The summed E-state index contributed by atoms with van der Waals surface area (Å²) in [7, 11) is 0. The Balaban J connectivity index is 0.000000360. The first-order chi connectivity index (χ1) is 3.00. The van der Waals surface area contributed by atoms with Gasteiger partial charge in [-0.25, -0.2) is 0 Å². The van der Waals surface area contributed by atoms with E-state index in [4.69, 9.17) is 0 Å². The molecule has 1 aromatic rings. The van der Waals surface area contributed by atoms with Crippen molar-refractivity contribution in [3.05, 3.63) is 36.4 Å². The van der Waals surface area contributed by atoms with Crippen molar-refractivity contribution < 1.29 is 16.5 Å². The Labute approximate surface area is 53.5 Å². The minimum atomic E-state index is 0. The molecule has 0 aliphatic rings. The van der Waals surface area contributed by atoms with Gasteiger partial charge in [0.25, 0.3) is 0 Å². The number of hydrogen-bond acceptors (Lipinski definition) is 0. The summed E-state index contributed by atoms with van der Waals surface area (Å²) in [6.07, 6.45) is 0. The second kappa shape index (κ2) is 3.89. The Morgan fingerprint density at radius 1 is 0.429 bits per heavy atom. The molecule has 0 amide bonds. The molecule has 0 aromatic heterocycles. The third-order valence-electron chi connectivity index (χ3n) is 0.667. The van der Waals surface area contributed by atoms with E-state index in [1.807, 2.05) is 36.4 Å². The van der Waals surface area contributed by atoms with Gasteiger partial charge in [-0.05, 0) is 0 Å². The van der Waals surface area contributed by atoms with Gasteiger partial charge in [0.05, 0.1) is 0 Å². The Morgan fingerprint density at radius 2 is 0.571 bits per heavy atom. The van der Waals surface area contributed by atoms with Crippen molar-refractivity contribution in [2.24, 2.45) is 0 Å². The molecule has 1 heteroatoms. The van der Waals surface area contributed by atoms with Gasteiger partial charge in [-0.15, -0.1) is 0 Å². The molecule has 0 N–H and O–H groups in total. The van der Waals surface area contributed by atoms with Crippen molar-refractivity contribution in [3.8, 4) is 0 Å². The fraction of sp³-hybridized carbons (Fsp3) is 0. The number of hydrogen-bond donors (Lipinski definition) is 0. The molecule has 0 saturated carbocycles. The second-order valence-corrected chi connectivity index (χ2v) is 1.15. The third-order valence-corrected chi connectivity index (χ3v) is 0.667. The van der Waals surface area contributed by atoms with Crippen molar-refractivity contribution in [2.75, 3.05) is 0 Å². The van der Waals surface area contributed by atoms with E-state index in [1.165, 1.54) is 0 Å². The number of benzene rings is 1. The largest absolute Gasteiger partial charge is 2.00 e. The molecule has 1 aromatic carbocycles. The van der Waals surface area contributed by atoms with E-state index in [0.29, 0.717) is 0 Å². The zero-order valence-electron chi connectivity index (χ0n) is 3.78. The summed E-state index contributed by atoms with van der Waals surface area (Å²) in [6, 6.07) is 12.0. The van der Waals surface area contributed by atoms with Gasteiger partial charge in [0, 0.05) is 0 Å². The molecule has 0 spiro atoms. The smallest absolute Gasteiger partial charge is 0.0623 e. The van der Waals surface area contributed by atoms with Gasteiger partial charge in [-0.2, -0.15) is 0 Å². The Hall–Kier alpha value is -0.286. The van der Waals surface area contributed by atoms with Gasteiger partial charge >= 0.3 is 16.5 Å². The van der Waals surface area contributed by atoms with Crippen LogP contribution < -0.4 is 0 Å². The zero-order chi connectivity index (χ0) is 4.24. The molecule has 38 valence electrons. The molecule has 0 heterocycles. The maximum atomic E-state index is 2.00. The topological polar surface area (TPSA) is 0 Å². The molecule has 0 saturated heterocycles. The van der Waals surface area contributed by atoms with Crippen LogP contribution in [0.4, 0.5) is 0 Å². The molecule has 0 nitrogen and oxygen atoms in total. The monoisotopic (exact) mass is 136 g/mol. The van der Waals surface area contributed by atoms with Crippen LogP contribution in [0.3, 0.4) is 0 Å². The minimum absolute atomic E-state index is 0. The fourth-order valence-corrected chi connectivity index (χ4v) is 0.385. The molecule has 0 unspecified atom stereocenters. The first kappa shape index (κ1) is 6.71. The molecule has 0 aliphatic heterocycles. The van der Waals surface area contributed by atoms with E-state index in [2.05, 4.69) is 0 Å².